The van der Waals surface area contributed by atoms with E-state index in [4.69, 9.17) is 0 Å². The lowest BCUT2D eigenvalue weighted by Crippen LogP contribution is -2.51. The summed E-state index contributed by atoms with van der Waals surface area (Å²) < 4.78 is 34.3. The summed E-state index contributed by atoms with van der Waals surface area (Å²) in [7, 11) is 0. The molecular weight excluding hydrogens is 300 g/mol. The maximum atomic E-state index is 12.9. The molecule has 2 heterocycles. The van der Waals surface area contributed by atoms with E-state index in [2.05, 4.69) is 25.4 Å². The van der Waals surface area contributed by atoms with Crippen LogP contribution in [0.15, 0.2) is 18.2 Å². The van der Waals surface area contributed by atoms with E-state index in [9.17, 15) is 18.4 Å². The van der Waals surface area contributed by atoms with E-state index >= 15 is 0 Å². The van der Waals surface area contributed by atoms with Crippen LogP contribution < -0.4 is 25.4 Å². The summed E-state index contributed by atoms with van der Waals surface area (Å²) in [5.41, 5.74) is 0.244. The first-order valence-corrected chi connectivity index (χ1v) is 6.68. The third-order valence-corrected chi connectivity index (χ3v) is 3.25. The van der Waals surface area contributed by atoms with Gasteiger partial charge < -0.3 is 25.4 Å². The summed E-state index contributed by atoms with van der Waals surface area (Å²) in [6.45, 7) is 0.592. The summed E-state index contributed by atoms with van der Waals surface area (Å²) in [4.78, 5) is 23.4. The van der Waals surface area contributed by atoms with Crippen molar-refractivity contribution < 1.29 is 27.8 Å². The monoisotopic (exact) mass is 313 g/mol. The fourth-order valence-corrected chi connectivity index (χ4v) is 2.26. The molecule has 3 amide bonds. The van der Waals surface area contributed by atoms with Crippen LogP contribution in [0, 0.1) is 0 Å². The van der Waals surface area contributed by atoms with Gasteiger partial charge in [0.25, 0.3) is 0 Å². The zero-order chi connectivity index (χ0) is 15.7. The van der Waals surface area contributed by atoms with Crippen LogP contribution in [0.25, 0.3) is 0 Å². The normalized spacial score (nSPS) is 21.9. The highest BCUT2D eigenvalue weighted by Crippen LogP contribution is 2.42. The molecule has 1 saturated heterocycles. The van der Waals surface area contributed by atoms with Gasteiger partial charge in [0.05, 0.1) is 0 Å². The second-order valence-corrected chi connectivity index (χ2v) is 4.91. The molecule has 1 aromatic rings. The Morgan fingerprint density at radius 1 is 1.32 bits per heavy atom. The molecular formula is C13H13F2N3O4. The Kier molecular flexibility index (Phi) is 3.47. The number of alkyl halides is 2. The quantitative estimate of drug-likeness (QED) is 0.770. The molecule has 22 heavy (non-hydrogen) atoms. The summed E-state index contributed by atoms with van der Waals surface area (Å²) >= 11 is 0. The first-order valence-electron chi connectivity index (χ1n) is 6.68. The number of hydrogen-bond donors (Lipinski definition) is 3. The van der Waals surface area contributed by atoms with E-state index in [-0.39, 0.29) is 23.1 Å². The van der Waals surface area contributed by atoms with Crippen LogP contribution >= 0.6 is 0 Å². The lowest BCUT2D eigenvalue weighted by atomic mass is 10.1. The minimum atomic E-state index is -3.70. The molecule has 0 aromatic heterocycles. The van der Waals surface area contributed by atoms with Crippen LogP contribution in [0.3, 0.4) is 0 Å². The number of piperidine rings is 1. The minimum Gasteiger partial charge on any atom is -0.395 e. The number of amides is 3. The number of benzene rings is 1. The number of nitrogens with one attached hydrogen (secondary N) is 3. The van der Waals surface area contributed by atoms with Gasteiger partial charge in [-0.3, -0.25) is 4.79 Å². The Morgan fingerprint density at radius 2 is 2.09 bits per heavy atom. The first kappa shape index (κ1) is 14.4. The van der Waals surface area contributed by atoms with Crippen LogP contribution in [0.2, 0.25) is 0 Å². The van der Waals surface area contributed by atoms with Crippen molar-refractivity contribution in [3.05, 3.63) is 18.2 Å². The second kappa shape index (κ2) is 5.32. The molecule has 0 aliphatic carbocycles. The van der Waals surface area contributed by atoms with Crippen molar-refractivity contribution in [2.24, 2.45) is 0 Å². The molecule has 3 N–H and O–H groups in total. The van der Waals surface area contributed by atoms with E-state index in [1.165, 1.54) is 18.2 Å². The molecule has 7 nitrogen and oxygen atoms in total. The van der Waals surface area contributed by atoms with E-state index in [1.54, 1.807) is 0 Å². The van der Waals surface area contributed by atoms with Crippen molar-refractivity contribution in [1.82, 2.24) is 10.6 Å². The molecule has 1 atom stereocenters. The highest BCUT2D eigenvalue weighted by molar-refractivity contribution is 5.94. The predicted octanol–water partition coefficient (Wildman–Crippen LogP) is 1.41. The lowest BCUT2D eigenvalue weighted by Gasteiger charge is -2.22. The molecule has 0 spiro atoms. The maximum Gasteiger partial charge on any atom is 0.586 e. The van der Waals surface area contributed by atoms with Gasteiger partial charge >= 0.3 is 12.3 Å². The average Bonchev–Trinajstić information content (AvgIpc) is 2.74. The fourth-order valence-electron chi connectivity index (χ4n) is 2.26. The maximum absolute atomic E-state index is 12.9. The number of hydrogen-bond acceptors (Lipinski definition) is 4. The minimum absolute atomic E-state index is 0.109. The third-order valence-electron chi connectivity index (χ3n) is 3.25. The molecule has 0 unspecified atom stereocenters. The zero-order valence-electron chi connectivity index (χ0n) is 11.3. The van der Waals surface area contributed by atoms with Gasteiger partial charge in [-0.2, -0.15) is 0 Å². The van der Waals surface area contributed by atoms with Crippen molar-refractivity contribution >= 4 is 17.6 Å². The average molecular weight is 313 g/mol. The number of anilines is 1. The van der Waals surface area contributed by atoms with Gasteiger partial charge in [-0.05, 0) is 25.0 Å². The molecule has 2 aliphatic heterocycles. The topological polar surface area (TPSA) is 88.7 Å². The Bertz CT molecular complexity index is 623. The number of carbonyl (C=O) groups is 2. The highest BCUT2D eigenvalue weighted by atomic mass is 19.3. The summed E-state index contributed by atoms with van der Waals surface area (Å²) in [5, 5.41) is 7.62. The van der Waals surface area contributed by atoms with Gasteiger partial charge in [0.15, 0.2) is 11.5 Å². The molecule has 118 valence electrons. The number of urea groups is 1. The molecule has 0 radical (unpaired) electrons. The summed E-state index contributed by atoms with van der Waals surface area (Å²) in [6, 6.07) is 2.67. The van der Waals surface area contributed by atoms with Crippen LogP contribution in [0.4, 0.5) is 19.3 Å². The molecule has 2 aliphatic rings. The Hall–Kier alpha value is -2.58. The van der Waals surface area contributed by atoms with Crippen molar-refractivity contribution in [2.45, 2.75) is 25.2 Å². The van der Waals surface area contributed by atoms with E-state index in [0.717, 1.165) is 6.42 Å². The number of rotatable bonds is 2. The van der Waals surface area contributed by atoms with Crippen molar-refractivity contribution in [1.29, 1.82) is 0 Å². The number of carbonyl (C=O) groups excluding carboxylic acids is 2. The zero-order valence-corrected chi connectivity index (χ0v) is 11.3. The van der Waals surface area contributed by atoms with Crippen LogP contribution in [-0.4, -0.2) is 30.8 Å². The second-order valence-electron chi connectivity index (χ2n) is 4.91. The highest BCUT2D eigenvalue weighted by Gasteiger charge is 2.43. The molecule has 9 heteroatoms. The number of ether oxygens (including phenoxy) is 2. The lowest BCUT2D eigenvalue weighted by molar-refractivity contribution is -0.286. The number of fused-ring (bicyclic) bond motifs is 1. The molecule has 0 bridgehead atoms. The van der Waals surface area contributed by atoms with Gasteiger partial charge in [-0.25, -0.2) is 4.79 Å². The SMILES string of the molecule is O=C(Nc1ccc2c(c1)OC(F)(F)O2)N[C@@H]1CCCNC1=O. The van der Waals surface area contributed by atoms with E-state index < -0.39 is 18.4 Å². The van der Waals surface area contributed by atoms with Gasteiger partial charge in [-0.1, -0.05) is 0 Å². The van der Waals surface area contributed by atoms with Gasteiger partial charge in [0, 0.05) is 18.3 Å². The standard InChI is InChI=1S/C13H13F2N3O4/c14-13(15)21-9-4-3-7(6-10(9)22-13)17-12(20)18-8-2-1-5-16-11(8)19/h3-4,6,8H,1-2,5H2,(H,16,19)(H2,17,18,20)/t8-/m1/s1. The Labute approximate surface area is 124 Å². The van der Waals surface area contributed by atoms with Crippen LogP contribution in [0.1, 0.15) is 12.8 Å². The molecule has 0 saturated carbocycles. The van der Waals surface area contributed by atoms with Crippen molar-refractivity contribution in [3.8, 4) is 11.5 Å². The van der Waals surface area contributed by atoms with Crippen molar-refractivity contribution in [2.75, 3.05) is 11.9 Å². The molecule has 3 rings (SSSR count). The molecule has 1 fully saturated rings. The Morgan fingerprint density at radius 3 is 2.86 bits per heavy atom. The van der Waals surface area contributed by atoms with E-state index in [1.807, 2.05) is 0 Å². The summed E-state index contributed by atoms with van der Waals surface area (Å²) in [6.07, 6.45) is -2.38. The predicted molar refractivity (Wildman–Crippen MR) is 70.8 cm³/mol. The molecule has 1 aromatic carbocycles. The van der Waals surface area contributed by atoms with Crippen molar-refractivity contribution in [3.63, 3.8) is 0 Å². The summed E-state index contributed by atoms with van der Waals surface area (Å²) in [5.74, 6) is -0.521. The Balaban J connectivity index is 1.62. The van der Waals surface area contributed by atoms with Gasteiger partial charge in [0.2, 0.25) is 5.91 Å². The fraction of sp³-hybridized carbons (Fsp3) is 0.385. The largest absolute Gasteiger partial charge is 0.586 e. The van der Waals surface area contributed by atoms with E-state index in [0.29, 0.717) is 13.0 Å². The smallest absolute Gasteiger partial charge is 0.395 e. The first-order chi connectivity index (χ1) is 10.4. The van der Waals surface area contributed by atoms with Gasteiger partial charge in [0.1, 0.15) is 6.04 Å². The number of halogens is 2. The third kappa shape index (κ3) is 3.02. The van der Waals surface area contributed by atoms with Gasteiger partial charge in [-0.15, -0.1) is 8.78 Å². The van der Waals surface area contributed by atoms with Crippen LogP contribution in [0.5, 0.6) is 11.5 Å². The van der Waals surface area contributed by atoms with Crippen LogP contribution in [-0.2, 0) is 4.79 Å².